The lowest BCUT2D eigenvalue weighted by molar-refractivity contribution is 0.0602. The van der Waals surface area contributed by atoms with E-state index in [9.17, 15) is 5.11 Å². The van der Waals surface area contributed by atoms with Gasteiger partial charge in [-0.15, -0.1) is 0 Å². The lowest BCUT2D eigenvalue weighted by Crippen LogP contribution is -2.36. The monoisotopic (exact) mass is 329 g/mol. The van der Waals surface area contributed by atoms with Crippen LogP contribution >= 0.6 is 0 Å². The van der Waals surface area contributed by atoms with Gasteiger partial charge >= 0.3 is 0 Å². The van der Waals surface area contributed by atoms with Crippen molar-refractivity contribution in [1.29, 1.82) is 0 Å². The molecule has 4 rings (SSSR count). The van der Waals surface area contributed by atoms with Crippen molar-refractivity contribution >= 4 is 0 Å². The number of benzene rings is 3. The number of nitrogens with zero attached hydrogens (tertiary/aromatic N) is 1. The van der Waals surface area contributed by atoms with Crippen LogP contribution < -0.4 is 0 Å². The predicted octanol–water partition coefficient (Wildman–Crippen LogP) is 4.37. The Morgan fingerprint density at radius 3 is 1.72 bits per heavy atom. The molecule has 2 heteroatoms. The molecule has 0 bridgehead atoms. The summed E-state index contributed by atoms with van der Waals surface area (Å²) in [4.78, 5) is 2.37. The van der Waals surface area contributed by atoms with Crippen molar-refractivity contribution < 1.29 is 5.11 Å². The molecule has 1 heterocycles. The standard InChI is InChI=1S/C23H23NO/c1-18(19-11-5-2-6-12-19)24-17-22(24)23(25,20-13-7-3-8-14-20)21-15-9-4-10-16-21/h2-16,18,22,25H,17H2,1H3/t18-,22?,24?/m0/s1. The third kappa shape index (κ3) is 2.88. The second-order valence-electron chi connectivity index (χ2n) is 6.80. The molecule has 25 heavy (non-hydrogen) atoms. The van der Waals surface area contributed by atoms with Gasteiger partial charge in [-0.25, -0.2) is 0 Å². The first kappa shape index (κ1) is 16.1. The fourth-order valence-corrected chi connectivity index (χ4v) is 3.81. The largest absolute Gasteiger partial charge is 0.379 e. The van der Waals surface area contributed by atoms with Gasteiger partial charge in [0, 0.05) is 12.6 Å². The van der Waals surface area contributed by atoms with E-state index in [-0.39, 0.29) is 12.1 Å². The van der Waals surface area contributed by atoms with Gasteiger partial charge in [0.25, 0.3) is 0 Å². The number of aliphatic hydroxyl groups is 1. The Morgan fingerprint density at radius 2 is 1.24 bits per heavy atom. The van der Waals surface area contributed by atoms with E-state index in [1.165, 1.54) is 5.56 Å². The molecule has 126 valence electrons. The molecule has 1 aliphatic heterocycles. The van der Waals surface area contributed by atoms with Crippen LogP contribution in [-0.2, 0) is 5.60 Å². The SMILES string of the molecule is C[C@@H](c1ccccc1)N1CC1C(O)(c1ccccc1)c1ccccc1. The quantitative estimate of drug-likeness (QED) is 0.703. The van der Waals surface area contributed by atoms with E-state index in [4.69, 9.17) is 0 Å². The molecule has 2 nitrogen and oxygen atoms in total. The third-order valence-electron chi connectivity index (χ3n) is 5.34. The van der Waals surface area contributed by atoms with E-state index >= 15 is 0 Å². The molecule has 1 N–H and O–H groups in total. The van der Waals surface area contributed by atoms with Crippen molar-refractivity contribution in [3.8, 4) is 0 Å². The number of rotatable bonds is 5. The minimum atomic E-state index is -0.994. The van der Waals surface area contributed by atoms with Gasteiger partial charge in [0.05, 0.1) is 6.04 Å². The van der Waals surface area contributed by atoms with Crippen molar-refractivity contribution in [3.05, 3.63) is 108 Å². The first-order valence-corrected chi connectivity index (χ1v) is 8.85. The maximum atomic E-state index is 11.8. The van der Waals surface area contributed by atoms with E-state index in [1.54, 1.807) is 0 Å². The van der Waals surface area contributed by atoms with Crippen LogP contribution in [0.2, 0.25) is 0 Å². The summed E-state index contributed by atoms with van der Waals surface area (Å²) in [7, 11) is 0. The maximum Gasteiger partial charge on any atom is 0.131 e. The second kappa shape index (κ2) is 6.47. The first-order chi connectivity index (χ1) is 12.2. The fourth-order valence-electron chi connectivity index (χ4n) is 3.81. The van der Waals surface area contributed by atoms with Gasteiger partial charge in [0.2, 0.25) is 0 Å². The summed E-state index contributed by atoms with van der Waals surface area (Å²) in [5.41, 5.74) is 2.20. The highest BCUT2D eigenvalue weighted by molar-refractivity contribution is 5.41. The number of hydrogen-bond donors (Lipinski definition) is 1. The lowest BCUT2D eigenvalue weighted by Gasteiger charge is -2.31. The van der Waals surface area contributed by atoms with Gasteiger partial charge < -0.3 is 5.11 Å². The molecule has 3 aromatic carbocycles. The average molecular weight is 329 g/mol. The highest BCUT2D eigenvalue weighted by Crippen LogP contribution is 2.46. The Morgan fingerprint density at radius 1 is 0.800 bits per heavy atom. The first-order valence-electron chi connectivity index (χ1n) is 8.85. The van der Waals surface area contributed by atoms with Gasteiger partial charge in [-0.2, -0.15) is 0 Å². The molecule has 3 aromatic rings. The van der Waals surface area contributed by atoms with Crippen LogP contribution in [0.15, 0.2) is 91.0 Å². The van der Waals surface area contributed by atoms with Gasteiger partial charge in [0.15, 0.2) is 0 Å². The summed E-state index contributed by atoms with van der Waals surface area (Å²) in [5.74, 6) is 0. The Hall–Kier alpha value is -2.42. The molecule has 0 aliphatic carbocycles. The molecule has 0 saturated carbocycles. The van der Waals surface area contributed by atoms with Crippen molar-refractivity contribution in [1.82, 2.24) is 4.90 Å². The summed E-state index contributed by atoms with van der Waals surface area (Å²) in [6.45, 7) is 3.10. The molecular weight excluding hydrogens is 306 g/mol. The molecule has 0 amide bonds. The molecule has 1 aliphatic rings. The maximum absolute atomic E-state index is 11.8. The van der Waals surface area contributed by atoms with E-state index in [0.29, 0.717) is 0 Å². The zero-order valence-electron chi connectivity index (χ0n) is 14.4. The Labute approximate surface area is 149 Å². The molecule has 0 spiro atoms. The molecule has 1 saturated heterocycles. The van der Waals surface area contributed by atoms with E-state index < -0.39 is 5.60 Å². The lowest BCUT2D eigenvalue weighted by atomic mass is 9.83. The third-order valence-corrected chi connectivity index (χ3v) is 5.34. The Kier molecular flexibility index (Phi) is 4.16. The van der Waals surface area contributed by atoms with Crippen LogP contribution in [-0.4, -0.2) is 22.6 Å². The number of hydrogen-bond acceptors (Lipinski definition) is 2. The molecular formula is C23H23NO. The van der Waals surface area contributed by atoms with Crippen molar-refractivity contribution in [2.24, 2.45) is 0 Å². The van der Waals surface area contributed by atoms with Crippen LogP contribution in [0.4, 0.5) is 0 Å². The Bertz CT molecular complexity index is 777. The van der Waals surface area contributed by atoms with E-state index in [2.05, 4.69) is 36.1 Å². The van der Waals surface area contributed by atoms with E-state index in [1.807, 2.05) is 66.7 Å². The van der Waals surface area contributed by atoms with Crippen LogP contribution in [0.5, 0.6) is 0 Å². The molecule has 0 aromatic heterocycles. The van der Waals surface area contributed by atoms with Gasteiger partial charge in [0.1, 0.15) is 5.60 Å². The Balaban J connectivity index is 1.69. The topological polar surface area (TPSA) is 23.2 Å². The zero-order valence-corrected chi connectivity index (χ0v) is 14.4. The van der Waals surface area contributed by atoms with Gasteiger partial charge in [-0.05, 0) is 23.6 Å². The zero-order chi connectivity index (χ0) is 17.3. The van der Waals surface area contributed by atoms with Crippen molar-refractivity contribution in [3.63, 3.8) is 0 Å². The predicted molar refractivity (Wildman–Crippen MR) is 101 cm³/mol. The van der Waals surface area contributed by atoms with Crippen LogP contribution in [0.25, 0.3) is 0 Å². The normalized spacial score (nSPS) is 20.9. The van der Waals surface area contributed by atoms with Crippen molar-refractivity contribution in [2.45, 2.75) is 24.6 Å². The highest BCUT2D eigenvalue weighted by Gasteiger charge is 2.54. The molecule has 0 radical (unpaired) electrons. The highest BCUT2D eigenvalue weighted by atomic mass is 16.3. The van der Waals surface area contributed by atoms with Gasteiger partial charge in [-0.3, -0.25) is 4.90 Å². The summed E-state index contributed by atoms with van der Waals surface area (Å²) in [6.07, 6.45) is 0. The minimum absolute atomic E-state index is 0.0764. The molecule has 2 unspecified atom stereocenters. The van der Waals surface area contributed by atoms with Crippen LogP contribution in [0.1, 0.15) is 29.7 Å². The molecule has 3 atom stereocenters. The van der Waals surface area contributed by atoms with E-state index in [0.717, 1.165) is 17.7 Å². The smallest absolute Gasteiger partial charge is 0.131 e. The second-order valence-corrected chi connectivity index (χ2v) is 6.80. The van der Waals surface area contributed by atoms with Gasteiger partial charge in [-0.1, -0.05) is 91.0 Å². The summed E-state index contributed by atoms with van der Waals surface area (Å²) in [5, 5.41) is 11.8. The van der Waals surface area contributed by atoms with Crippen LogP contribution in [0.3, 0.4) is 0 Å². The molecule has 1 fully saturated rings. The van der Waals surface area contributed by atoms with Crippen LogP contribution in [0, 0.1) is 0 Å². The van der Waals surface area contributed by atoms with Crippen molar-refractivity contribution in [2.75, 3.05) is 6.54 Å². The minimum Gasteiger partial charge on any atom is -0.379 e. The fraction of sp³-hybridized carbons (Fsp3) is 0.217. The summed E-state index contributed by atoms with van der Waals surface area (Å²) < 4.78 is 0. The summed E-state index contributed by atoms with van der Waals surface area (Å²) in [6, 6.07) is 30.9. The average Bonchev–Trinajstić information content (AvgIpc) is 3.50. The summed E-state index contributed by atoms with van der Waals surface area (Å²) >= 11 is 0.